The first-order chi connectivity index (χ1) is 8.34. The number of hydrogen-bond acceptors (Lipinski definition) is 3. The van der Waals surface area contributed by atoms with Gasteiger partial charge >= 0.3 is 5.97 Å². The van der Waals surface area contributed by atoms with E-state index in [0.717, 1.165) is 25.7 Å². The number of hydrogen-bond donors (Lipinski definition) is 1. The van der Waals surface area contributed by atoms with Gasteiger partial charge in [0.25, 0.3) is 0 Å². The maximum atomic E-state index is 11.8. The van der Waals surface area contributed by atoms with Crippen molar-refractivity contribution in [1.82, 2.24) is 0 Å². The molecular weight excluding hydrogens is 228 g/mol. The third-order valence-corrected chi connectivity index (χ3v) is 5.51. The summed E-state index contributed by atoms with van der Waals surface area (Å²) in [6.07, 6.45) is 5.03. The lowest BCUT2D eigenvalue weighted by molar-refractivity contribution is -0.267. The van der Waals surface area contributed by atoms with Crippen molar-refractivity contribution in [3.8, 4) is 0 Å². The van der Waals surface area contributed by atoms with E-state index >= 15 is 0 Å². The molecule has 0 radical (unpaired) electrons. The molecule has 100 valence electrons. The van der Waals surface area contributed by atoms with Crippen LogP contribution in [-0.4, -0.2) is 22.3 Å². The molecule has 3 atom stereocenters. The number of aliphatic hydroxyl groups is 1. The second-order valence-corrected chi connectivity index (χ2v) is 6.85. The summed E-state index contributed by atoms with van der Waals surface area (Å²) >= 11 is 0. The molecule has 18 heavy (non-hydrogen) atoms. The zero-order chi connectivity index (χ0) is 13.1. The van der Waals surface area contributed by atoms with Crippen LogP contribution in [0.4, 0.5) is 0 Å². The molecule has 0 aromatic carbocycles. The maximum absolute atomic E-state index is 11.8. The Morgan fingerprint density at radius 3 is 2.28 bits per heavy atom. The van der Waals surface area contributed by atoms with Crippen LogP contribution in [0.1, 0.15) is 46.0 Å². The molecule has 0 heterocycles. The molecule has 3 unspecified atom stereocenters. The van der Waals surface area contributed by atoms with Crippen LogP contribution in [-0.2, 0) is 9.53 Å². The molecule has 4 fully saturated rings. The minimum atomic E-state index is -0.813. The predicted molar refractivity (Wildman–Crippen MR) is 67.8 cm³/mol. The van der Waals surface area contributed by atoms with Gasteiger partial charge in [0, 0.05) is 11.5 Å². The molecule has 4 aliphatic rings. The van der Waals surface area contributed by atoms with Gasteiger partial charge in [0.05, 0.1) is 0 Å². The first-order valence-corrected chi connectivity index (χ1v) is 6.95. The zero-order valence-corrected chi connectivity index (χ0v) is 11.2. The first-order valence-electron chi connectivity index (χ1n) is 6.95. The number of carbonyl (C=O) groups is 1. The van der Waals surface area contributed by atoms with Crippen molar-refractivity contribution in [3.05, 3.63) is 12.2 Å². The fraction of sp³-hybridized carbons (Fsp3) is 0.800. The summed E-state index contributed by atoms with van der Waals surface area (Å²) in [7, 11) is 0. The van der Waals surface area contributed by atoms with Crippen LogP contribution in [0.25, 0.3) is 0 Å². The largest absolute Gasteiger partial charge is 0.453 e. The highest BCUT2D eigenvalue weighted by Gasteiger charge is 2.65. The molecule has 0 spiro atoms. The Balaban J connectivity index is 1.91. The Bertz CT molecular complexity index is 400. The van der Waals surface area contributed by atoms with E-state index in [1.165, 1.54) is 6.42 Å². The quantitative estimate of drug-likeness (QED) is 0.605. The SMILES string of the molecule is C=C(C)C(=O)OC1(C)C2CC3CC(C2)CC1(O)C3. The lowest BCUT2D eigenvalue weighted by Gasteiger charge is -2.63. The molecule has 0 amide bonds. The maximum Gasteiger partial charge on any atom is 0.333 e. The smallest absolute Gasteiger partial charge is 0.333 e. The van der Waals surface area contributed by atoms with Crippen LogP contribution in [0.2, 0.25) is 0 Å². The second-order valence-electron chi connectivity index (χ2n) is 6.85. The third-order valence-electron chi connectivity index (χ3n) is 5.51. The Labute approximate surface area is 108 Å². The molecule has 1 N–H and O–H groups in total. The molecule has 0 aromatic rings. The van der Waals surface area contributed by atoms with E-state index in [9.17, 15) is 9.90 Å². The number of ether oxygens (including phenoxy) is 1. The molecule has 0 saturated heterocycles. The Kier molecular flexibility index (Phi) is 2.44. The van der Waals surface area contributed by atoms with Gasteiger partial charge in [-0.3, -0.25) is 0 Å². The van der Waals surface area contributed by atoms with Crippen LogP contribution < -0.4 is 0 Å². The fourth-order valence-corrected chi connectivity index (χ4v) is 4.63. The predicted octanol–water partition coefficient (Wildman–Crippen LogP) is 2.44. The van der Waals surface area contributed by atoms with E-state index < -0.39 is 11.2 Å². The third kappa shape index (κ3) is 1.49. The summed E-state index contributed by atoms with van der Waals surface area (Å²) in [5.41, 5.74) is -1.11. The average molecular weight is 250 g/mol. The summed E-state index contributed by atoms with van der Waals surface area (Å²) < 4.78 is 5.69. The summed E-state index contributed by atoms with van der Waals surface area (Å²) in [6.45, 7) is 7.22. The number of rotatable bonds is 2. The minimum absolute atomic E-state index is 0.317. The molecule has 0 aliphatic heterocycles. The summed E-state index contributed by atoms with van der Waals surface area (Å²) in [4.78, 5) is 11.8. The van der Waals surface area contributed by atoms with Crippen LogP contribution in [0.3, 0.4) is 0 Å². The lowest BCUT2D eigenvalue weighted by Crippen LogP contribution is -2.68. The van der Waals surface area contributed by atoms with Gasteiger partial charge in [0.2, 0.25) is 0 Å². The van der Waals surface area contributed by atoms with E-state index in [1.807, 2.05) is 6.92 Å². The van der Waals surface area contributed by atoms with Crippen LogP contribution in [0.15, 0.2) is 12.2 Å². The average Bonchev–Trinajstić information content (AvgIpc) is 2.24. The Morgan fingerprint density at radius 1 is 1.28 bits per heavy atom. The second kappa shape index (κ2) is 3.60. The van der Waals surface area contributed by atoms with Crippen LogP contribution in [0, 0.1) is 17.8 Å². The molecule has 4 saturated carbocycles. The highest BCUT2D eigenvalue weighted by atomic mass is 16.6. The van der Waals surface area contributed by atoms with Gasteiger partial charge in [-0.25, -0.2) is 4.79 Å². The Morgan fingerprint density at radius 2 is 1.83 bits per heavy atom. The van der Waals surface area contributed by atoms with Crippen molar-refractivity contribution in [2.75, 3.05) is 0 Å². The minimum Gasteiger partial charge on any atom is -0.453 e. The van der Waals surface area contributed by atoms with E-state index in [2.05, 4.69) is 6.58 Å². The molecule has 3 heteroatoms. The van der Waals surface area contributed by atoms with Crippen molar-refractivity contribution in [1.29, 1.82) is 0 Å². The standard InChI is InChI=1S/C15H22O3/c1-9(2)13(16)18-14(3)12-5-10-4-11(6-12)8-15(14,17)7-10/h10-12,17H,1,4-8H2,2-3H3. The zero-order valence-electron chi connectivity index (χ0n) is 11.2. The molecule has 0 aromatic heterocycles. The molecule has 3 nitrogen and oxygen atoms in total. The van der Waals surface area contributed by atoms with Gasteiger partial charge < -0.3 is 9.84 Å². The monoisotopic (exact) mass is 250 g/mol. The van der Waals surface area contributed by atoms with Gasteiger partial charge in [-0.2, -0.15) is 0 Å². The molecular formula is C15H22O3. The lowest BCUT2D eigenvalue weighted by atomic mass is 9.48. The van der Waals surface area contributed by atoms with Crippen LogP contribution >= 0.6 is 0 Å². The molecule has 4 aliphatic carbocycles. The van der Waals surface area contributed by atoms with Crippen molar-refractivity contribution in [2.24, 2.45) is 17.8 Å². The van der Waals surface area contributed by atoms with Gasteiger partial charge in [0.15, 0.2) is 0 Å². The normalized spacial score (nSPS) is 49.2. The van der Waals surface area contributed by atoms with Crippen molar-refractivity contribution in [2.45, 2.75) is 57.2 Å². The fourth-order valence-electron chi connectivity index (χ4n) is 4.63. The van der Waals surface area contributed by atoms with E-state index in [1.54, 1.807) is 6.92 Å². The highest BCUT2D eigenvalue weighted by Crippen LogP contribution is 2.61. The van der Waals surface area contributed by atoms with Gasteiger partial charge in [-0.1, -0.05) is 6.58 Å². The van der Waals surface area contributed by atoms with Crippen molar-refractivity contribution < 1.29 is 14.6 Å². The van der Waals surface area contributed by atoms with E-state index in [4.69, 9.17) is 4.74 Å². The van der Waals surface area contributed by atoms with Gasteiger partial charge in [-0.15, -0.1) is 0 Å². The number of carbonyl (C=O) groups excluding carboxylic acids is 1. The van der Waals surface area contributed by atoms with Crippen LogP contribution in [0.5, 0.6) is 0 Å². The first kappa shape index (κ1) is 12.2. The molecule has 4 rings (SSSR count). The molecule has 4 bridgehead atoms. The van der Waals surface area contributed by atoms with Crippen molar-refractivity contribution >= 4 is 5.97 Å². The highest BCUT2D eigenvalue weighted by molar-refractivity contribution is 5.87. The Hall–Kier alpha value is -0.830. The van der Waals surface area contributed by atoms with E-state index in [-0.39, 0.29) is 5.97 Å². The number of esters is 1. The van der Waals surface area contributed by atoms with Crippen molar-refractivity contribution in [3.63, 3.8) is 0 Å². The summed E-state index contributed by atoms with van der Waals surface area (Å²) in [6, 6.07) is 0. The topological polar surface area (TPSA) is 46.5 Å². The van der Waals surface area contributed by atoms with Gasteiger partial charge in [-0.05, 0) is 57.8 Å². The summed E-state index contributed by atoms with van der Waals surface area (Å²) in [5.74, 6) is 1.21. The van der Waals surface area contributed by atoms with E-state index in [0.29, 0.717) is 23.3 Å². The van der Waals surface area contributed by atoms with Gasteiger partial charge in [0.1, 0.15) is 11.2 Å². The summed E-state index contributed by atoms with van der Waals surface area (Å²) in [5, 5.41) is 10.9.